The minimum atomic E-state index is -1.83. The van der Waals surface area contributed by atoms with Crippen LogP contribution in [-0.4, -0.2) is 21.9 Å². The van der Waals surface area contributed by atoms with E-state index in [0.717, 1.165) is 12.8 Å². The van der Waals surface area contributed by atoms with Crippen molar-refractivity contribution < 1.29 is 15.0 Å². The molecular weight excluding hydrogens is 206 g/mol. The molecule has 0 saturated heterocycles. The summed E-state index contributed by atoms with van der Waals surface area (Å²) in [6, 6.07) is 0. The van der Waals surface area contributed by atoms with Gasteiger partial charge < -0.3 is 15.9 Å². The first-order valence-corrected chi connectivity index (χ1v) is 5.59. The van der Waals surface area contributed by atoms with E-state index in [0.29, 0.717) is 0 Å². The molecule has 4 heteroatoms. The number of hydrogen-bond donors (Lipinski definition) is 3. The van der Waals surface area contributed by atoms with E-state index < -0.39 is 6.16 Å². The van der Waals surface area contributed by atoms with Gasteiger partial charge in [-0.3, -0.25) is 0 Å². The van der Waals surface area contributed by atoms with Gasteiger partial charge in [0.2, 0.25) is 0 Å². The molecule has 0 aromatic carbocycles. The highest BCUT2D eigenvalue weighted by atomic mass is 16.6. The van der Waals surface area contributed by atoms with Crippen LogP contribution >= 0.6 is 0 Å². The molecule has 1 saturated carbocycles. The molecule has 16 heavy (non-hydrogen) atoms. The van der Waals surface area contributed by atoms with Crippen LogP contribution in [0.1, 0.15) is 46.0 Å². The zero-order valence-electron chi connectivity index (χ0n) is 10.2. The maximum Gasteiger partial charge on any atom is 0.503 e. The maximum absolute atomic E-state index is 8.56. The predicted molar refractivity (Wildman–Crippen MR) is 64.6 cm³/mol. The van der Waals surface area contributed by atoms with Gasteiger partial charge in [0.1, 0.15) is 0 Å². The molecular formula is C12H23NO3. The summed E-state index contributed by atoms with van der Waals surface area (Å²) in [4.78, 5) is 8.56. The Balaban J connectivity index is 0.000000487. The standard InChI is InChI=1S/C11H21N.CH2O3/c1-4-10(2,3)11(12)8-6-5-7-9-11;2-1(3)4/h4H,1,5-9,12H2,2-3H3;(H2,2,3,4). The van der Waals surface area contributed by atoms with Crippen molar-refractivity contribution in [1.29, 1.82) is 0 Å². The molecule has 0 radical (unpaired) electrons. The van der Waals surface area contributed by atoms with Gasteiger partial charge in [0.05, 0.1) is 0 Å². The number of carboxylic acid groups (broad SMARTS) is 2. The first-order chi connectivity index (χ1) is 7.25. The van der Waals surface area contributed by atoms with Gasteiger partial charge in [-0.05, 0) is 12.8 Å². The molecule has 1 fully saturated rings. The summed E-state index contributed by atoms with van der Waals surface area (Å²) in [7, 11) is 0. The molecule has 0 amide bonds. The molecule has 1 aliphatic rings. The first kappa shape index (κ1) is 15.0. The second-order valence-electron chi connectivity index (χ2n) is 4.93. The summed E-state index contributed by atoms with van der Waals surface area (Å²) < 4.78 is 0. The SMILES string of the molecule is C=CC(C)(C)C1(N)CCCCC1.O=C(O)O. The Morgan fingerprint density at radius 2 is 1.69 bits per heavy atom. The third-order valence-electron chi connectivity index (χ3n) is 3.54. The fourth-order valence-electron chi connectivity index (χ4n) is 2.03. The van der Waals surface area contributed by atoms with Gasteiger partial charge in [-0.25, -0.2) is 4.79 Å². The molecule has 0 heterocycles. The zero-order chi connectivity index (χ0) is 12.8. The van der Waals surface area contributed by atoms with E-state index in [1.54, 1.807) is 0 Å². The van der Waals surface area contributed by atoms with E-state index in [2.05, 4.69) is 20.4 Å². The van der Waals surface area contributed by atoms with Crippen LogP contribution in [0.15, 0.2) is 12.7 Å². The van der Waals surface area contributed by atoms with Crippen LogP contribution in [0.25, 0.3) is 0 Å². The molecule has 4 N–H and O–H groups in total. The summed E-state index contributed by atoms with van der Waals surface area (Å²) in [6.07, 6.45) is 6.42. The van der Waals surface area contributed by atoms with Crippen LogP contribution in [0.5, 0.6) is 0 Å². The predicted octanol–water partition coefficient (Wildman–Crippen LogP) is 3.08. The quantitative estimate of drug-likeness (QED) is 0.635. The van der Waals surface area contributed by atoms with E-state index in [1.807, 2.05) is 6.08 Å². The Kier molecular flexibility index (Phi) is 5.51. The lowest BCUT2D eigenvalue weighted by atomic mass is 9.65. The Morgan fingerprint density at radius 1 is 1.31 bits per heavy atom. The minimum absolute atomic E-state index is 0.00694. The van der Waals surface area contributed by atoms with E-state index in [4.69, 9.17) is 20.7 Å². The van der Waals surface area contributed by atoms with Crippen molar-refractivity contribution in [3.63, 3.8) is 0 Å². The molecule has 0 aromatic heterocycles. The second kappa shape index (κ2) is 5.89. The van der Waals surface area contributed by atoms with Crippen LogP contribution in [0.2, 0.25) is 0 Å². The lowest BCUT2D eigenvalue weighted by Crippen LogP contribution is -2.52. The molecule has 1 rings (SSSR count). The number of nitrogens with two attached hydrogens (primary N) is 1. The summed E-state index contributed by atoms with van der Waals surface area (Å²) in [5.74, 6) is 0. The van der Waals surface area contributed by atoms with Crippen LogP contribution in [-0.2, 0) is 0 Å². The Hall–Kier alpha value is -1.03. The molecule has 0 unspecified atom stereocenters. The molecule has 0 aliphatic heterocycles. The summed E-state index contributed by atoms with van der Waals surface area (Å²) in [5, 5.41) is 13.9. The van der Waals surface area contributed by atoms with Gasteiger partial charge in [0, 0.05) is 11.0 Å². The van der Waals surface area contributed by atoms with Crippen molar-refractivity contribution in [2.24, 2.45) is 11.1 Å². The highest BCUT2D eigenvalue weighted by Crippen LogP contribution is 2.40. The maximum atomic E-state index is 8.56. The van der Waals surface area contributed by atoms with Gasteiger partial charge in [0.15, 0.2) is 0 Å². The normalized spacial score (nSPS) is 19.2. The smallest absolute Gasteiger partial charge is 0.450 e. The molecule has 94 valence electrons. The lowest BCUT2D eigenvalue weighted by Gasteiger charge is -2.45. The second-order valence-corrected chi connectivity index (χ2v) is 4.93. The lowest BCUT2D eigenvalue weighted by molar-refractivity contribution is 0.137. The van der Waals surface area contributed by atoms with E-state index in [-0.39, 0.29) is 11.0 Å². The molecule has 0 spiro atoms. The van der Waals surface area contributed by atoms with Crippen molar-refractivity contribution >= 4 is 6.16 Å². The van der Waals surface area contributed by atoms with Gasteiger partial charge in [-0.2, -0.15) is 0 Å². The average Bonchev–Trinajstić information content (AvgIpc) is 2.18. The number of rotatable bonds is 2. The van der Waals surface area contributed by atoms with E-state index in [9.17, 15) is 0 Å². The number of hydrogen-bond acceptors (Lipinski definition) is 2. The van der Waals surface area contributed by atoms with Crippen molar-refractivity contribution in [1.82, 2.24) is 0 Å². The molecule has 1 aliphatic carbocycles. The summed E-state index contributed by atoms with van der Waals surface area (Å²) in [6.45, 7) is 8.27. The first-order valence-electron chi connectivity index (χ1n) is 5.59. The summed E-state index contributed by atoms with van der Waals surface area (Å²) >= 11 is 0. The van der Waals surface area contributed by atoms with Crippen LogP contribution in [0.4, 0.5) is 4.79 Å². The molecule has 0 atom stereocenters. The van der Waals surface area contributed by atoms with Crippen LogP contribution in [0, 0.1) is 5.41 Å². The Labute approximate surface area is 97.2 Å². The van der Waals surface area contributed by atoms with E-state index in [1.165, 1.54) is 19.3 Å². The topological polar surface area (TPSA) is 83.6 Å². The molecule has 4 nitrogen and oxygen atoms in total. The number of carbonyl (C=O) groups is 1. The third kappa shape index (κ3) is 4.23. The monoisotopic (exact) mass is 229 g/mol. The largest absolute Gasteiger partial charge is 0.503 e. The van der Waals surface area contributed by atoms with Gasteiger partial charge in [-0.1, -0.05) is 39.2 Å². The molecule has 0 aromatic rings. The minimum Gasteiger partial charge on any atom is -0.450 e. The average molecular weight is 229 g/mol. The zero-order valence-corrected chi connectivity index (χ0v) is 10.2. The van der Waals surface area contributed by atoms with Crippen molar-refractivity contribution in [3.8, 4) is 0 Å². The van der Waals surface area contributed by atoms with Crippen LogP contribution in [0.3, 0.4) is 0 Å². The fourth-order valence-corrected chi connectivity index (χ4v) is 2.03. The highest BCUT2D eigenvalue weighted by molar-refractivity contribution is 5.53. The van der Waals surface area contributed by atoms with E-state index >= 15 is 0 Å². The molecule has 0 bridgehead atoms. The Morgan fingerprint density at radius 3 is 2.00 bits per heavy atom. The third-order valence-corrected chi connectivity index (χ3v) is 3.54. The highest BCUT2D eigenvalue weighted by Gasteiger charge is 2.39. The van der Waals surface area contributed by atoms with Crippen molar-refractivity contribution in [3.05, 3.63) is 12.7 Å². The van der Waals surface area contributed by atoms with Crippen LogP contribution < -0.4 is 5.73 Å². The van der Waals surface area contributed by atoms with Gasteiger partial charge >= 0.3 is 6.16 Å². The van der Waals surface area contributed by atoms with Crippen molar-refractivity contribution in [2.75, 3.05) is 0 Å². The Bertz CT molecular complexity index is 239. The fraction of sp³-hybridized carbons (Fsp3) is 0.750. The van der Waals surface area contributed by atoms with Crippen molar-refractivity contribution in [2.45, 2.75) is 51.5 Å². The van der Waals surface area contributed by atoms with Gasteiger partial charge in [0.25, 0.3) is 0 Å². The van der Waals surface area contributed by atoms with Gasteiger partial charge in [-0.15, -0.1) is 6.58 Å². The summed E-state index contributed by atoms with van der Waals surface area (Å²) in [5.41, 5.74) is 6.47.